The fourth-order valence-corrected chi connectivity index (χ4v) is 1.52. The summed E-state index contributed by atoms with van der Waals surface area (Å²) in [5.41, 5.74) is -0.457. The number of alkyl halides is 2. The summed E-state index contributed by atoms with van der Waals surface area (Å²) in [7, 11) is 0. The average Bonchev–Trinajstić information content (AvgIpc) is 2.61. The summed E-state index contributed by atoms with van der Waals surface area (Å²) >= 11 is 0. The number of halogens is 2. The number of nitrogens with zero attached hydrogens (tertiary/aromatic N) is 1. The SMILES string of the molecule is CC(C)c1noc2[nH]c(C(F)F)cc(=O)c12. The first-order chi connectivity index (χ1) is 7.50. The Hall–Kier alpha value is -1.72. The van der Waals surface area contributed by atoms with E-state index in [0.717, 1.165) is 6.07 Å². The minimum Gasteiger partial charge on any atom is -0.337 e. The molecular formula is C10H10F2N2O2. The fourth-order valence-electron chi connectivity index (χ4n) is 1.52. The summed E-state index contributed by atoms with van der Waals surface area (Å²) in [6.45, 7) is 3.69. The molecule has 0 amide bonds. The van der Waals surface area contributed by atoms with Crippen LogP contribution in [0.3, 0.4) is 0 Å². The number of nitrogens with one attached hydrogen (secondary N) is 1. The molecular weight excluding hydrogens is 218 g/mol. The van der Waals surface area contributed by atoms with Crippen molar-refractivity contribution in [3.05, 3.63) is 27.7 Å². The molecule has 0 atom stereocenters. The lowest BCUT2D eigenvalue weighted by atomic mass is 10.1. The van der Waals surface area contributed by atoms with Gasteiger partial charge in [-0.05, 0) is 5.92 Å². The molecule has 0 radical (unpaired) electrons. The zero-order chi connectivity index (χ0) is 11.9. The molecule has 0 spiro atoms. The molecule has 1 N–H and O–H groups in total. The van der Waals surface area contributed by atoms with Crippen molar-refractivity contribution in [1.82, 2.24) is 10.1 Å². The van der Waals surface area contributed by atoms with Gasteiger partial charge in [-0.3, -0.25) is 4.79 Å². The van der Waals surface area contributed by atoms with Gasteiger partial charge in [0.1, 0.15) is 5.39 Å². The molecule has 0 fully saturated rings. The maximum Gasteiger partial charge on any atom is 0.278 e. The number of pyridine rings is 1. The predicted molar refractivity (Wildman–Crippen MR) is 53.7 cm³/mol. The highest BCUT2D eigenvalue weighted by Gasteiger charge is 2.18. The van der Waals surface area contributed by atoms with Crippen molar-refractivity contribution in [2.45, 2.75) is 26.2 Å². The Kier molecular flexibility index (Phi) is 2.49. The van der Waals surface area contributed by atoms with Crippen LogP contribution in [-0.4, -0.2) is 10.1 Å². The third kappa shape index (κ3) is 1.60. The second-order valence-corrected chi connectivity index (χ2v) is 3.82. The van der Waals surface area contributed by atoms with Gasteiger partial charge < -0.3 is 9.51 Å². The zero-order valence-electron chi connectivity index (χ0n) is 8.75. The molecule has 2 rings (SSSR count). The molecule has 0 bridgehead atoms. The van der Waals surface area contributed by atoms with E-state index >= 15 is 0 Å². The quantitative estimate of drug-likeness (QED) is 0.859. The van der Waals surface area contributed by atoms with Gasteiger partial charge in [-0.25, -0.2) is 8.78 Å². The van der Waals surface area contributed by atoms with E-state index in [0.29, 0.717) is 5.69 Å². The Balaban J connectivity index is 2.74. The van der Waals surface area contributed by atoms with Crippen LogP contribution in [0, 0.1) is 0 Å². The maximum absolute atomic E-state index is 12.4. The largest absolute Gasteiger partial charge is 0.337 e. The van der Waals surface area contributed by atoms with Crippen LogP contribution in [0.4, 0.5) is 8.78 Å². The van der Waals surface area contributed by atoms with Gasteiger partial charge in [-0.2, -0.15) is 0 Å². The molecule has 2 aromatic heterocycles. The van der Waals surface area contributed by atoms with Crippen LogP contribution in [0.5, 0.6) is 0 Å². The number of H-pyrrole nitrogens is 1. The number of aromatic nitrogens is 2. The van der Waals surface area contributed by atoms with E-state index in [1.165, 1.54) is 0 Å². The van der Waals surface area contributed by atoms with Crippen molar-refractivity contribution in [3.63, 3.8) is 0 Å². The lowest BCUT2D eigenvalue weighted by molar-refractivity contribution is 0.146. The normalized spacial score (nSPS) is 11.9. The van der Waals surface area contributed by atoms with E-state index in [-0.39, 0.29) is 17.0 Å². The van der Waals surface area contributed by atoms with Gasteiger partial charge in [0.15, 0.2) is 5.43 Å². The summed E-state index contributed by atoms with van der Waals surface area (Å²) in [5, 5.41) is 3.95. The minimum atomic E-state index is -2.73. The molecule has 0 aromatic carbocycles. The van der Waals surface area contributed by atoms with Crippen LogP contribution in [0.2, 0.25) is 0 Å². The number of hydrogen-bond donors (Lipinski definition) is 1. The van der Waals surface area contributed by atoms with E-state index in [4.69, 9.17) is 4.52 Å². The number of fused-ring (bicyclic) bond motifs is 1. The topological polar surface area (TPSA) is 58.9 Å². The average molecular weight is 228 g/mol. The molecule has 16 heavy (non-hydrogen) atoms. The second-order valence-electron chi connectivity index (χ2n) is 3.82. The summed E-state index contributed by atoms with van der Waals surface area (Å²) < 4.78 is 29.7. The minimum absolute atomic E-state index is 0.000231. The van der Waals surface area contributed by atoms with Crippen molar-refractivity contribution < 1.29 is 13.3 Å². The van der Waals surface area contributed by atoms with Gasteiger partial charge in [0.25, 0.3) is 6.43 Å². The van der Waals surface area contributed by atoms with Gasteiger partial charge in [-0.15, -0.1) is 0 Å². The fraction of sp³-hybridized carbons (Fsp3) is 0.400. The van der Waals surface area contributed by atoms with Crippen molar-refractivity contribution in [3.8, 4) is 0 Å². The van der Waals surface area contributed by atoms with E-state index in [9.17, 15) is 13.6 Å². The summed E-state index contributed by atoms with van der Waals surface area (Å²) in [6, 6.07) is 0.885. The molecule has 2 aromatic rings. The van der Waals surface area contributed by atoms with Crippen LogP contribution in [0.15, 0.2) is 15.4 Å². The highest BCUT2D eigenvalue weighted by molar-refractivity contribution is 5.76. The summed E-state index contributed by atoms with van der Waals surface area (Å²) in [4.78, 5) is 14.0. The Morgan fingerprint density at radius 1 is 1.44 bits per heavy atom. The van der Waals surface area contributed by atoms with E-state index in [1.807, 2.05) is 13.8 Å². The molecule has 2 heterocycles. The molecule has 0 saturated carbocycles. The van der Waals surface area contributed by atoms with Gasteiger partial charge in [0, 0.05) is 6.07 Å². The van der Waals surface area contributed by atoms with Crippen LogP contribution in [-0.2, 0) is 0 Å². The number of aromatic amines is 1. The van der Waals surface area contributed by atoms with Crippen molar-refractivity contribution in [2.24, 2.45) is 0 Å². The van der Waals surface area contributed by atoms with Gasteiger partial charge in [0.05, 0.1) is 11.4 Å². The van der Waals surface area contributed by atoms with Gasteiger partial charge >= 0.3 is 0 Å². The van der Waals surface area contributed by atoms with Crippen molar-refractivity contribution in [2.75, 3.05) is 0 Å². The number of rotatable bonds is 2. The van der Waals surface area contributed by atoms with Gasteiger partial charge in [-0.1, -0.05) is 19.0 Å². The van der Waals surface area contributed by atoms with Crippen molar-refractivity contribution >= 4 is 11.1 Å². The third-order valence-electron chi connectivity index (χ3n) is 2.29. The Labute approximate surface area is 89.3 Å². The molecule has 86 valence electrons. The monoisotopic (exact) mass is 228 g/mol. The zero-order valence-corrected chi connectivity index (χ0v) is 8.75. The van der Waals surface area contributed by atoms with Crippen LogP contribution >= 0.6 is 0 Å². The highest BCUT2D eigenvalue weighted by atomic mass is 19.3. The molecule has 0 aliphatic rings. The van der Waals surface area contributed by atoms with E-state index in [2.05, 4.69) is 10.1 Å². The van der Waals surface area contributed by atoms with E-state index < -0.39 is 17.5 Å². The lowest BCUT2D eigenvalue weighted by Gasteiger charge is -2.00. The van der Waals surface area contributed by atoms with Crippen molar-refractivity contribution in [1.29, 1.82) is 0 Å². The second kappa shape index (κ2) is 3.70. The maximum atomic E-state index is 12.4. The highest BCUT2D eigenvalue weighted by Crippen LogP contribution is 2.23. The van der Waals surface area contributed by atoms with Gasteiger partial charge in [0.2, 0.25) is 5.71 Å². The Morgan fingerprint density at radius 2 is 2.12 bits per heavy atom. The summed E-state index contributed by atoms with van der Waals surface area (Å²) in [5.74, 6) is -0.000231. The predicted octanol–water partition coefficient (Wildman–Crippen LogP) is 2.58. The summed E-state index contributed by atoms with van der Waals surface area (Å²) in [6.07, 6.45) is -2.73. The first-order valence-corrected chi connectivity index (χ1v) is 4.81. The molecule has 6 heteroatoms. The Morgan fingerprint density at radius 3 is 2.69 bits per heavy atom. The smallest absolute Gasteiger partial charge is 0.278 e. The molecule has 0 aliphatic carbocycles. The molecule has 4 nitrogen and oxygen atoms in total. The first-order valence-electron chi connectivity index (χ1n) is 4.81. The van der Waals surface area contributed by atoms with Crippen LogP contribution in [0.25, 0.3) is 11.1 Å². The first kappa shape index (κ1) is 10.8. The lowest BCUT2D eigenvalue weighted by Crippen LogP contribution is -2.06. The van der Waals surface area contributed by atoms with Crippen LogP contribution < -0.4 is 5.43 Å². The number of hydrogen-bond acceptors (Lipinski definition) is 3. The third-order valence-corrected chi connectivity index (χ3v) is 2.29. The molecule has 0 saturated heterocycles. The van der Waals surface area contributed by atoms with Crippen LogP contribution in [0.1, 0.15) is 37.6 Å². The van der Waals surface area contributed by atoms with E-state index in [1.54, 1.807) is 0 Å². The Bertz CT molecular complexity index is 572. The standard InChI is InChI=1S/C10H10F2N2O2/c1-4(2)8-7-6(15)3-5(9(11)12)13-10(7)16-14-8/h3-4,9H,1-2H3,(H,13,15). The molecule has 0 aliphatic heterocycles. The molecule has 0 unspecified atom stereocenters.